The number of nitrogens with one attached hydrogen (secondary N) is 1. The first-order valence-electron chi connectivity index (χ1n) is 7.90. The van der Waals surface area contributed by atoms with Crippen LogP contribution in [0.2, 0.25) is 0 Å². The van der Waals surface area contributed by atoms with Crippen LogP contribution in [0.5, 0.6) is 0 Å². The predicted octanol–water partition coefficient (Wildman–Crippen LogP) is 1.10. The van der Waals surface area contributed by atoms with Crippen LogP contribution in [0.25, 0.3) is 10.4 Å². The molecule has 3 rings (SSSR count). The summed E-state index contributed by atoms with van der Waals surface area (Å²) >= 11 is 1.61. The molecule has 0 unspecified atom stereocenters. The molecule has 1 aliphatic rings. The van der Waals surface area contributed by atoms with Gasteiger partial charge in [-0.3, -0.25) is 4.68 Å². The van der Waals surface area contributed by atoms with Gasteiger partial charge in [-0.15, -0.1) is 11.3 Å². The lowest BCUT2D eigenvalue weighted by molar-refractivity contribution is 0.194. The highest BCUT2D eigenvalue weighted by Crippen LogP contribution is 2.27. The monoisotopic (exact) mass is 397 g/mol. The summed E-state index contributed by atoms with van der Waals surface area (Å²) in [5.41, 5.74) is 1.04. The van der Waals surface area contributed by atoms with Crippen LogP contribution in [0.4, 0.5) is 9.59 Å². The van der Waals surface area contributed by atoms with Gasteiger partial charge in [0.15, 0.2) is 0 Å². The van der Waals surface area contributed by atoms with E-state index in [9.17, 15) is 18.0 Å². The van der Waals surface area contributed by atoms with E-state index in [0.29, 0.717) is 17.3 Å². The average Bonchev–Trinajstić information content (AvgIpc) is 3.26. The van der Waals surface area contributed by atoms with Crippen LogP contribution in [-0.4, -0.2) is 65.4 Å². The maximum atomic E-state index is 12.1. The molecule has 11 heteroatoms. The summed E-state index contributed by atoms with van der Waals surface area (Å²) in [4.78, 5) is 27.2. The molecule has 2 aromatic rings. The highest BCUT2D eigenvalue weighted by atomic mass is 32.2. The van der Waals surface area contributed by atoms with Crippen molar-refractivity contribution in [2.75, 3.05) is 25.9 Å². The van der Waals surface area contributed by atoms with Gasteiger partial charge < -0.3 is 5.32 Å². The molecule has 0 bridgehead atoms. The molecular formula is C15H19N5O4S2. The third kappa shape index (κ3) is 3.88. The average molecular weight is 397 g/mol. The minimum absolute atomic E-state index is 0.00944. The van der Waals surface area contributed by atoms with Crippen molar-refractivity contribution in [3.63, 3.8) is 0 Å². The molecule has 1 N–H and O–H groups in total. The van der Waals surface area contributed by atoms with Gasteiger partial charge in [-0.25, -0.2) is 27.2 Å². The molecule has 0 saturated carbocycles. The maximum absolute atomic E-state index is 12.1. The van der Waals surface area contributed by atoms with Crippen LogP contribution >= 0.6 is 11.3 Å². The zero-order valence-corrected chi connectivity index (χ0v) is 16.0. The number of carbonyl (C=O) groups excluding carboxylic acids is 2. The fourth-order valence-electron chi connectivity index (χ4n) is 2.62. The molecule has 140 valence electrons. The first-order valence-corrected chi connectivity index (χ1v) is 10.6. The molecule has 0 spiro atoms. The van der Waals surface area contributed by atoms with E-state index in [0.717, 1.165) is 26.5 Å². The van der Waals surface area contributed by atoms with Gasteiger partial charge in [-0.2, -0.15) is 5.10 Å². The third-order valence-electron chi connectivity index (χ3n) is 3.92. The van der Waals surface area contributed by atoms with E-state index in [1.165, 1.54) is 0 Å². The molecule has 9 nitrogen and oxygen atoms in total. The Hall–Kier alpha value is -2.40. The second-order valence-electron chi connectivity index (χ2n) is 5.92. The lowest BCUT2D eigenvalue weighted by atomic mass is 10.3. The van der Waals surface area contributed by atoms with Crippen molar-refractivity contribution in [1.82, 2.24) is 24.3 Å². The van der Waals surface area contributed by atoms with Crippen molar-refractivity contribution in [1.29, 1.82) is 0 Å². The first kappa shape index (κ1) is 18.4. The quantitative estimate of drug-likeness (QED) is 0.813. The molecule has 0 radical (unpaired) electrons. The van der Waals surface area contributed by atoms with E-state index in [1.807, 2.05) is 25.4 Å². The van der Waals surface area contributed by atoms with E-state index in [-0.39, 0.29) is 13.1 Å². The van der Waals surface area contributed by atoms with Gasteiger partial charge in [0, 0.05) is 35.1 Å². The van der Waals surface area contributed by atoms with E-state index >= 15 is 0 Å². The van der Waals surface area contributed by atoms with Crippen molar-refractivity contribution in [2.24, 2.45) is 7.05 Å². The number of aromatic nitrogens is 2. The topological polar surface area (TPSA) is 105 Å². The van der Waals surface area contributed by atoms with Gasteiger partial charge in [-0.05, 0) is 18.6 Å². The number of sulfonamides is 1. The lowest BCUT2D eigenvalue weighted by Gasteiger charge is -2.16. The van der Waals surface area contributed by atoms with Crippen LogP contribution in [0.3, 0.4) is 0 Å². The largest absolute Gasteiger partial charge is 0.341 e. The number of rotatable bonds is 5. The number of nitrogens with zero attached hydrogens (tertiary/aromatic N) is 4. The fraction of sp³-hybridized carbons (Fsp3) is 0.400. The Bertz CT molecular complexity index is 933. The minimum atomic E-state index is -3.65. The van der Waals surface area contributed by atoms with E-state index in [2.05, 4.69) is 10.4 Å². The molecule has 26 heavy (non-hydrogen) atoms. The summed E-state index contributed by atoms with van der Waals surface area (Å²) in [6, 6.07) is 2.61. The molecule has 0 aromatic carbocycles. The zero-order chi connectivity index (χ0) is 18.9. The van der Waals surface area contributed by atoms with Crippen LogP contribution in [0, 0.1) is 0 Å². The Morgan fingerprint density at radius 1 is 1.35 bits per heavy atom. The van der Waals surface area contributed by atoms with Gasteiger partial charge in [0.2, 0.25) is 10.0 Å². The van der Waals surface area contributed by atoms with Crippen LogP contribution in [-0.2, 0) is 23.5 Å². The standard InChI is InChI=1S/C15H19N5O4S2/c1-18-10-11(9-17-18)13-4-3-12(25-13)5-6-16-14(21)19-7-8-20(15(19)22)26(2,23)24/h3-4,9-10H,5-8H2,1-2H3,(H,16,21). The highest BCUT2D eigenvalue weighted by molar-refractivity contribution is 7.88. The van der Waals surface area contributed by atoms with E-state index in [1.54, 1.807) is 22.2 Å². The molecule has 0 aliphatic carbocycles. The number of hydrogen-bond donors (Lipinski definition) is 1. The second kappa shape index (κ2) is 7.08. The summed E-state index contributed by atoms with van der Waals surface area (Å²) in [6.07, 6.45) is 5.30. The van der Waals surface area contributed by atoms with Gasteiger partial charge >= 0.3 is 12.1 Å². The van der Waals surface area contributed by atoms with Crippen molar-refractivity contribution in [3.8, 4) is 10.4 Å². The summed E-state index contributed by atoms with van der Waals surface area (Å²) in [5.74, 6) is 0. The Labute approximate surface area is 155 Å². The van der Waals surface area contributed by atoms with Gasteiger partial charge in [0.1, 0.15) is 0 Å². The minimum Gasteiger partial charge on any atom is -0.337 e. The van der Waals surface area contributed by atoms with E-state index in [4.69, 9.17) is 0 Å². The molecule has 0 atom stereocenters. The fourth-order valence-corrected chi connectivity index (χ4v) is 4.39. The van der Waals surface area contributed by atoms with Crippen LogP contribution in [0.1, 0.15) is 4.88 Å². The number of urea groups is 2. The Kier molecular flexibility index (Phi) is 5.01. The van der Waals surface area contributed by atoms with Crippen molar-refractivity contribution in [3.05, 3.63) is 29.4 Å². The van der Waals surface area contributed by atoms with Crippen LogP contribution < -0.4 is 5.32 Å². The zero-order valence-electron chi connectivity index (χ0n) is 14.4. The molecule has 1 saturated heterocycles. The molecular weight excluding hydrogens is 378 g/mol. The smallest absolute Gasteiger partial charge is 0.337 e. The van der Waals surface area contributed by atoms with Crippen molar-refractivity contribution < 1.29 is 18.0 Å². The molecule has 1 fully saturated rings. The number of carbonyl (C=O) groups is 2. The lowest BCUT2D eigenvalue weighted by Crippen LogP contribution is -2.44. The number of imide groups is 1. The molecule has 4 amide bonds. The summed E-state index contributed by atoms with van der Waals surface area (Å²) in [6.45, 7) is 0.404. The molecule has 1 aliphatic heterocycles. The molecule has 3 heterocycles. The number of aryl methyl sites for hydroxylation is 1. The molecule has 2 aromatic heterocycles. The van der Waals surface area contributed by atoms with Crippen LogP contribution in [0.15, 0.2) is 24.5 Å². The third-order valence-corrected chi connectivity index (χ3v) is 6.25. The van der Waals surface area contributed by atoms with E-state index < -0.39 is 22.1 Å². The Morgan fingerprint density at radius 2 is 2.12 bits per heavy atom. The summed E-state index contributed by atoms with van der Waals surface area (Å²) in [5, 5.41) is 6.81. The number of thiophene rings is 1. The number of amides is 4. The van der Waals surface area contributed by atoms with Gasteiger partial charge in [-0.1, -0.05) is 0 Å². The van der Waals surface area contributed by atoms with Crippen molar-refractivity contribution >= 4 is 33.4 Å². The van der Waals surface area contributed by atoms with Crippen molar-refractivity contribution in [2.45, 2.75) is 6.42 Å². The normalized spacial score (nSPS) is 14.9. The maximum Gasteiger partial charge on any atom is 0.341 e. The summed E-state index contributed by atoms with van der Waals surface area (Å²) < 4.78 is 25.4. The Morgan fingerprint density at radius 3 is 2.73 bits per heavy atom. The predicted molar refractivity (Wildman–Crippen MR) is 97.3 cm³/mol. The van der Waals surface area contributed by atoms with Gasteiger partial charge in [0.05, 0.1) is 25.5 Å². The van der Waals surface area contributed by atoms with Gasteiger partial charge in [0.25, 0.3) is 0 Å². The summed E-state index contributed by atoms with van der Waals surface area (Å²) in [7, 11) is -1.79. The first-order chi connectivity index (χ1) is 12.3. The number of hydrogen-bond acceptors (Lipinski definition) is 6. The SMILES string of the molecule is Cn1cc(-c2ccc(CCNC(=O)N3CCN(S(C)(=O)=O)C3=O)s2)cn1. The second-order valence-corrected chi connectivity index (χ2v) is 9.00. The Balaban J connectivity index is 1.52. The highest BCUT2D eigenvalue weighted by Gasteiger charge is 2.37.